The fraction of sp³-hybridized carbons (Fsp3) is 0.389. The van der Waals surface area contributed by atoms with Crippen LogP contribution in [0, 0.1) is 10.1 Å². The Labute approximate surface area is 155 Å². The molecule has 138 valence electrons. The Hall–Kier alpha value is -2.45. The summed E-state index contributed by atoms with van der Waals surface area (Å²) in [5.74, 6) is 0.839. The maximum absolute atomic E-state index is 12.2. The zero-order chi connectivity index (χ0) is 18.5. The number of carbonyl (C=O) groups excluding carboxylic acids is 1. The molecule has 0 atom stereocenters. The van der Waals surface area contributed by atoms with E-state index >= 15 is 0 Å². The highest BCUT2D eigenvalue weighted by molar-refractivity contribution is 7.17. The molecule has 0 amide bonds. The van der Waals surface area contributed by atoms with Crippen molar-refractivity contribution in [1.29, 1.82) is 0 Å². The van der Waals surface area contributed by atoms with Crippen LogP contribution in [0.4, 0.5) is 10.7 Å². The first-order chi connectivity index (χ1) is 12.6. The minimum Gasteiger partial charge on any atom is -0.495 e. The van der Waals surface area contributed by atoms with Crippen LogP contribution in [0.3, 0.4) is 0 Å². The lowest BCUT2D eigenvalue weighted by Gasteiger charge is -2.36. The van der Waals surface area contributed by atoms with Crippen LogP contribution in [0.2, 0.25) is 0 Å². The summed E-state index contributed by atoms with van der Waals surface area (Å²) in [5.41, 5.74) is 1.09. The molecular weight excluding hydrogens is 354 g/mol. The number of thiophene rings is 1. The van der Waals surface area contributed by atoms with Crippen molar-refractivity contribution in [2.75, 3.05) is 44.7 Å². The number of Topliss-reactive ketones (excluding diaryl/α,β-unsaturated/α-hetero) is 1. The Kier molecular flexibility index (Phi) is 5.85. The minimum atomic E-state index is -0.460. The number of nitrogens with zero attached hydrogens (tertiary/aromatic N) is 3. The summed E-state index contributed by atoms with van der Waals surface area (Å²) in [6.07, 6.45) is 0.381. The van der Waals surface area contributed by atoms with Gasteiger partial charge in [0.25, 0.3) is 0 Å². The number of benzene rings is 1. The summed E-state index contributed by atoms with van der Waals surface area (Å²) in [7, 11) is 1.68. The third-order valence-electron chi connectivity index (χ3n) is 4.50. The second kappa shape index (κ2) is 8.29. The molecule has 1 aliphatic rings. The summed E-state index contributed by atoms with van der Waals surface area (Å²) < 4.78 is 5.43. The second-order valence-electron chi connectivity index (χ2n) is 6.07. The third kappa shape index (κ3) is 4.20. The molecule has 1 saturated heterocycles. The normalized spacial score (nSPS) is 15.0. The van der Waals surface area contributed by atoms with Gasteiger partial charge in [-0.3, -0.25) is 19.8 Å². The molecule has 0 aliphatic carbocycles. The van der Waals surface area contributed by atoms with E-state index < -0.39 is 4.92 Å². The molecule has 8 heteroatoms. The number of anilines is 1. The molecule has 0 saturated carbocycles. The highest BCUT2D eigenvalue weighted by atomic mass is 32.1. The van der Waals surface area contributed by atoms with E-state index in [-0.39, 0.29) is 10.8 Å². The molecule has 0 bridgehead atoms. The lowest BCUT2D eigenvalue weighted by atomic mass is 10.2. The van der Waals surface area contributed by atoms with Crippen LogP contribution in [0.25, 0.3) is 0 Å². The van der Waals surface area contributed by atoms with Crippen LogP contribution < -0.4 is 9.64 Å². The Balaban J connectivity index is 1.49. The summed E-state index contributed by atoms with van der Waals surface area (Å²) >= 11 is 0.948. The summed E-state index contributed by atoms with van der Waals surface area (Å²) in [6, 6.07) is 10.9. The number of methoxy groups -OCH3 is 1. The van der Waals surface area contributed by atoms with E-state index in [4.69, 9.17) is 4.74 Å². The van der Waals surface area contributed by atoms with Crippen LogP contribution in [-0.2, 0) is 0 Å². The average Bonchev–Trinajstić information content (AvgIpc) is 3.17. The Morgan fingerprint density at radius 2 is 1.92 bits per heavy atom. The smallest absolute Gasteiger partial charge is 0.324 e. The predicted octanol–water partition coefficient (Wildman–Crippen LogP) is 3.06. The van der Waals surface area contributed by atoms with Gasteiger partial charge in [0.15, 0.2) is 5.78 Å². The number of para-hydroxylation sites is 2. The number of ketones is 1. The molecule has 26 heavy (non-hydrogen) atoms. The van der Waals surface area contributed by atoms with Gasteiger partial charge in [-0.1, -0.05) is 23.5 Å². The Bertz CT molecular complexity index is 784. The molecule has 3 rings (SSSR count). The molecule has 0 N–H and O–H groups in total. The minimum absolute atomic E-state index is 0.0128. The van der Waals surface area contributed by atoms with Gasteiger partial charge in [-0.2, -0.15) is 0 Å². The van der Waals surface area contributed by atoms with Crippen LogP contribution in [-0.4, -0.2) is 55.4 Å². The van der Waals surface area contributed by atoms with Gasteiger partial charge in [-0.05, 0) is 18.2 Å². The molecule has 1 fully saturated rings. The first-order valence-electron chi connectivity index (χ1n) is 8.46. The molecule has 0 unspecified atom stereocenters. The van der Waals surface area contributed by atoms with E-state index in [0.717, 1.165) is 49.0 Å². The van der Waals surface area contributed by atoms with E-state index in [2.05, 4.69) is 15.9 Å². The maximum atomic E-state index is 12.2. The van der Waals surface area contributed by atoms with Crippen molar-refractivity contribution in [2.45, 2.75) is 6.42 Å². The van der Waals surface area contributed by atoms with Gasteiger partial charge in [-0.25, -0.2) is 0 Å². The lowest BCUT2D eigenvalue weighted by Crippen LogP contribution is -2.47. The zero-order valence-corrected chi connectivity index (χ0v) is 15.4. The maximum Gasteiger partial charge on any atom is 0.324 e. The van der Waals surface area contributed by atoms with E-state index in [9.17, 15) is 14.9 Å². The Morgan fingerprint density at radius 3 is 2.58 bits per heavy atom. The van der Waals surface area contributed by atoms with Crippen molar-refractivity contribution in [3.63, 3.8) is 0 Å². The number of carbonyl (C=O) groups is 1. The molecule has 2 heterocycles. The van der Waals surface area contributed by atoms with Crippen molar-refractivity contribution in [3.05, 3.63) is 51.4 Å². The number of ether oxygens (including phenoxy) is 1. The highest BCUT2D eigenvalue weighted by Crippen LogP contribution is 2.28. The first kappa shape index (κ1) is 18.3. The quantitative estimate of drug-likeness (QED) is 0.421. The average molecular weight is 375 g/mol. The molecule has 2 aromatic rings. The predicted molar refractivity (Wildman–Crippen MR) is 102 cm³/mol. The fourth-order valence-electron chi connectivity index (χ4n) is 3.06. The van der Waals surface area contributed by atoms with E-state index in [1.165, 1.54) is 6.07 Å². The SMILES string of the molecule is COc1ccccc1N1CCN(CCC(=O)c2ccc([N+](=O)[O-])s2)CC1. The lowest BCUT2D eigenvalue weighted by molar-refractivity contribution is -0.380. The van der Waals surface area contributed by atoms with E-state index in [1.54, 1.807) is 13.2 Å². The van der Waals surface area contributed by atoms with Crippen molar-refractivity contribution >= 4 is 27.8 Å². The van der Waals surface area contributed by atoms with Crippen molar-refractivity contribution < 1.29 is 14.5 Å². The van der Waals surface area contributed by atoms with Crippen LogP contribution in [0.1, 0.15) is 16.1 Å². The van der Waals surface area contributed by atoms with Crippen molar-refractivity contribution in [2.24, 2.45) is 0 Å². The van der Waals surface area contributed by atoms with Gasteiger partial charge >= 0.3 is 5.00 Å². The number of piperazine rings is 1. The molecule has 0 radical (unpaired) electrons. The molecule has 0 spiro atoms. The topological polar surface area (TPSA) is 75.9 Å². The van der Waals surface area contributed by atoms with Gasteiger partial charge in [0.1, 0.15) is 5.75 Å². The van der Waals surface area contributed by atoms with Crippen LogP contribution in [0.15, 0.2) is 36.4 Å². The van der Waals surface area contributed by atoms with E-state index in [1.807, 2.05) is 18.2 Å². The molecule has 7 nitrogen and oxygen atoms in total. The Morgan fingerprint density at radius 1 is 1.19 bits per heavy atom. The van der Waals surface area contributed by atoms with Gasteiger partial charge < -0.3 is 9.64 Å². The van der Waals surface area contributed by atoms with Gasteiger partial charge in [0.2, 0.25) is 0 Å². The summed E-state index contributed by atoms with van der Waals surface area (Å²) in [5, 5.41) is 10.7. The molecule has 1 aliphatic heterocycles. The molecule has 1 aromatic heterocycles. The molecule has 1 aromatic carbocycles. The number of nitro groups is 1. The van der Waals surface area contributed by atoms with Crippen LogP contribution in [0.5, 0.6) is 5.75 Å². The number of hydrogen-bond acceptors (Lipinski definition) is 7. The monoisotopic (exact) mass is 375 g/mol. The third-order valence-corrected chi connectivity index (χ3v) is 5.58. The number of hydrogen-bond donors (Lipinski definition) is 0. The summed E-state index contributed by atoms with van der Waals surface area (Å²) in [4.78, 5) is 27.5. The van der Waals surface area contributed by atoms with Crippen molar-refractivity contribution in [1.82, 2.24) is 4.90 Å². The van der Waals surface area contributed by atoms with Crippen LogP contribution >= 0.6 is 11.3 Å². The number of rotatable bonds is 7. The standard InChI is InChI=1S/C18H21N3O4S/c1-25-16-5-3-2-4-14(16)20-12-10-19(11-13-20)9-8-15(22)17-6-7-18(26-17)21(23)24/h2-7H,8-13H2,1H3. The van der Waals surface area contributed by atoms with Gasteiger partial charge in [0, 0.05) is 45.2 Å². The second-order valence-corrected chi connectivity index (χ2v) is 7.13. The molecular formula is C18H21N3O4S. The zero-order valence-electron chi connectivity index (χ0n) is 14.6. The first-order valence-corrected chi connectivity index (χ1v) is 9.28. The largest absolute Gasteiger partial charge is 0.495 e. The van der Waals surface area contributed by atoms with Gasteiger partial charge in [-0.15, -0.1) is 0 Å². The van der Waals surface area contributed by atoms with Crippen molar-refractivity contribution in [3.8, 4) is 5.75 Å². The van der Waals surface area contributed by atoms with Gasteiger partial charge in [0.05, 0.1) is 22.6 Å². The van der Waals surface area contributed by atoms with E-state index in [0.29, 0.717) is 17.8 Å². The fourth-order valence-corrected chi connectivity index (χ4v) is 3.85. The highest BCUT2D eigenvalue weighted by Gasteiger charge is 2.21. The summed E-state index contributed by atoms with van der Waals surface area (Å²) in [6.45, 7) is 4.16.